The molecule has 2 N–H and O–H groups in total. The Bertz CT molecular complexity index is 971. The summed E-state index contributed by atoms with van der Waals surface area (Å²) in [5.41, 5.74) is 8.21. The molecule has 1 aromatic carbocycles. The summed E-state index contributed by atoms with van der Waals surface area (Å²) in [5.74, 6) is -1.19. The summed E-state index contributed by atoms with van der Waals surface area (Å²) >= 11 is 0. The fraction of sp³-hybridized carbons (Fsp3) is 0.500. The van der Waals surface area contributed by atoms with Crippen molar-refractivity contribution in [1.29, 1.82) is 0 Å². The normalized spacial score (nSPS) is 25.8. The van der Waals surface area contributed by atoms with Gasteiger partial charge in [-0.2, -0.15) is 5.10 Å². The van der Waals surface area contributed by atoms with Crippen LogP contribution in [0.4, 0.5) is 8.78 Å². The lowest BCUT2D eigenvalue weighted by molar-refractivity contribution is -0.0533. The van der Waals surface area contributed by atoms with E-state index in [2.05, 4.69) is 10.00 Å². The molecular formula is C18H22F2N4O3S. The van der Waals surface area contributed by atoms with Crippen LogP contribution in [0.3, 0.4) is 0 Å². The molecule has 28 heavy (non-hydrogen) atoms. The summed E-state index contributed by atoms with van der Waals surface area (Å²) in [7, 11) is -3.15. The van der Waals surface area contributed by atoms with Crippen LogP contribution in [0.25, 0.3) is 0 Å². The molecule has 152 valence electrons. The SMILES string of the molecule is CS(=O)(=O)Cn1cc2c(n1)CN(C1CO[C@H](c3cc(F)ccc3F)[C@@H](N)C1)C2. The number of halogens is 2. The maximum Gasteiger partial charge on any atom is 0.167 e. The van der Waals surface area contributed by atoms with E-state index in [0.717, 1.165) is 29.5 Å². The fourth-order valence-corrected chi connectivity index (χ4v) is 4.56. The van der Waals surface area contributed by atoms with E-state index >= 15 is 0 Å². The van der Waals surface area contributed by atoms with Gasteiger partial charge in [-0.15, -0.1) is 0 Å². The van der Waals surface area contributed by atoms with E-state index in [-0.39, 0.29) is 17.5 Å². The molecule has 3 heterocycles. The van der Waals surface area contributed by atoms with E-state index in [9.17, 15) is 17.2 Å². The van der Waals surface area contributed by atoms with Crippen LogP contribution in [0.5, 0.6) is 0 Å². The molecule has 1 fully saturated rings. The number of hydrogen-bond donors (Lipinski definition) is 1. The first-order chi connectivity index (χ1) is 13.2. The lowest BCUT2D eigenvalue weighted by atomic mass is 9.93. The highest BCUT2D eigenvalue weighted by Gasteiger charge is 2.37. The molecule has 10 heteroatoms. The maximum absolute atomic E-state index is 14.1. The summed E-state index contributed by atoms with van der Waals surface area (Å²) in [6.45, 7) is 1.55. The monoisotopic (exact) mass is 412 g/mol. The van der Waals surface area contributed by atoms with Gasteiger partial charge in [0.15, 0.2) is 9.84 Å². The van der Waals surface area contributed by atoms with E-state index in [0.29, 0.717) is 26.1 Å². The molecule has 2 aromatic rings. The first-order valence-corrected chi connectivity index (χ1v) is 11.0. The Morgan fingerprint density at radius 2 is 2.11 bits per heavy atom. The van der Waals surface area contributed by atoms with Crippen molar-refractivity contribution in [1.82, 2.24) is 14.7 Å². The fourth-order valence-electron chi connectivity index (χ4n) is 3.95. The Morgan fingerprint density at radius 1 is 1.32 bits per heavy atom. The molecule has 7 nitrogen and oxygen atoms in total. The number of hydrogen-bond acceptors (Lipinski definition) is 6. The van der Waals surface area contributed by atoms with Crippen LogP contribution in [0, 0.1) is 11.6 Å². The minimum Gasteiger partial charge on any atom is -0.370 e. The Labute approximate surface area is 162 Å². The van der Waals surface area contributed by atoms with Crippen LogP contribution in [0.2, 0.25) is 0 Å². The first kappa shape index (κ1) is 19.4. The van der Waals surface area contributed by atoms with Crippen molar-refractivity contribution in [2.75, 3.05) is 12.9 Å². The van der Waals surface area contributed by atoms with Crippen molar-refractivity contribution in [3.05, 3.63) is 52.9 Å². The third-order valence-corrected chi connectivity index (χ3v) is 5.93. The molecular weight excluding hydrogens is 390 g/mol. The van der Waals surface area contributed by atoms with Crippen LogP contribution >= 0.6 is 0 Å². The predicted octanol–water partition coefficient (Wildman–Crippen LogP) is 1.34. The number of sulfone groups is 1. The number of nitrogens with zero attached hydrogens (tertiary/aromatic N) is 3. The summed E-state index contributed by atoms with van der Waals surface area (Å²) < 4.78 is 57.6. The number of ether oxygens (including phenoxy) is 1. The molecule has 0 radical (unpaired) electrons. The summed E-state index contributed by atoms with van der Waals surface area (Å²) in [5, 5.41) is 4.36. The lowest BCUT2D eigenvalue weighted by Gasteiger charge is -2.38. The second-order valence-corrected chi connectivity index (χ2v) is 9.68. The summed E-state index contributed by atoms with van der Waals surface area (Å²) in [4.78, 5) is 2.17. The first-order valence-electron chi connectivity index (χ1n) is 8.99. The van der Waals surface area contributed by atoms with Crippen molar-refractivity contribution in [2.45, 2.75) is 43.6 Å². The number of benzene rings is 1. The Balaban J connectivity index is 1.41. The van der Waals surface area contributed by atoms with Gasteiger partial charge in [-0.1, -0.05) is 0 Å². The van der Waals surface area contributed by atoms with Gasteiger partial charge in [-0.25, -0.2) is 17.2 Å². The van der Waals surface area contributed by atoms with Crippen LogP contribution < -0.4 is 5.73 Å². The van der Waals surface area contributed by atoms with Gasteiger partial charge >= 0.3 is 0 Å². The van der Waals surface area contributed by atoms with Gasteiger partial charge in [0, 0.05) is 48.8 Å². The Hall–Kier alpha value is -1.88. The van der Waals surface area contributed by atoms with Crippen LogP contribution in [-0.2, 0) is 33.5 Å². The molecule has 3 atom stereocenters. The smallest absolute Gasteiger partial charge is 0.167 e. The van der Waals surface area contributed by atoms with Crippen LogP contribution in [0.15, 0.2) is 24.4 Å². The third-order valence-electron chi connectivity index (χ3n) is 5.20. The zero-order chi connectivity index (χ0) is 20.1. The third kappa shape index (κ3) is 3.95. The standard InChI is InChI=1S/C18H22F2N4O3S/c1-28(25,26)10-24-7-11-6-23(8-17(11)22-24)13-5-16(21)18(27-9-13)14-4-12(19)2-3-15(14)20/h2-4,7,13,16,18H,5-6,8-10,21H2,1H3/t13?,16-,18+/m0/s1. The second-order valence-electron chi connectivity index (χ2n) is 7.57. The quantitative estimate of drug-likeness (QED) is 0.815. The number of aromatic nitrogens is 2. The van der Waals surface area contributed by atoms with Gasteiger partial charge in [0.2, 0.25) is 0 Å². The molecule has 0 amide bonds. The zero-order valence-corrected chi connectivity index (χ0v) is 16.2. The number of fused-ring (bicyclic) bond motifs is 1. The van der Waals surface area contributed by atoms with Crippen molar-refractivity contribution < 1.29 is 21.9 Å². The van der Waals surface area contributed by atoms with Crippen molar-refractivity contribution in [2.24, 2.45) is 5.73 Å². The van der Waals surface area contributed by atoms with E-state index < -0.39 is 33.6 Å². The Morgan fingerprint density at radius 3 is 2.79 bits per heavy atom. The van der Waals surface area contributed by atoms with Gasteiger partial charge in [-0.05, 0) is 24.6 Å². The highest BCUT2D eigenvalue weighted by molar-refractivity contribution is 7.89. The lowest BCUT2D eigenvalue weighted by Crippen LogP contribution is -2.47. The highest BCUT2D eigenvalue weighted by Crippen LogP contribution is 2.34. The largest absolute Gasteiger partial charge is 0.370 e. The highest BCUT2D eigenvalue weighted by atomic mass is 32.2. The van der Waals surface area contributed by atoms with E-state index in [1.165, 1.54) is 10.9 Å². The molecule has 1 unspecified atom stereocenters. The van der Waals surface area contributed by atoms with E-state index in [4.69, 9.17) is 10.5 Å². The van der Waals surface area contributed by atoms with Crippen molar-refractivity contribution in [3.63, 3.8) is 0 Å². The minimum absolute atomic E-state index is 0.0282. The van der Waals surface area contributed by atoms with Gasteiger partial charge in [0.25, 0.3) is 0 Å². The molecule has 1 aromatic heterocycles. The average Bonchev–Trinajstić information content (AvgIpc) is 3.14. The van der Waals surface area contributed by atoms with Gasteiger partial charge in [0.05, 0.1) is 12.3 Å². The van der Waals surface area contributed by atoms with Gasteiger partial charge in [0.1, 0.15) is 23.6 Å². The summed E-state index contributed by atoms with van der Waals surface area (Å²) in [6, 6.07) is 2.85. The average molecular weight is 412 g/mol. The van der Waals surface area contributed by atoms with Crippen LogP contribution in [-0.4, -0.2) is 48.0 Å². The minimum atomic E-state index is -3.15. The molecule has 4 rings (SSSR count). The molecule has 0 spiro atoms. The van der Waals surface area contributed by atoms with Gasteiger partial charge in [-0.3, -0.25) is 9.58 Å². The van der Waals surface area contributed by atoms with Gasteiger partial charge < -0.3 is 10.5 Å². The topological polar surface area (TPSA) is 90.5 Å². The van der Waals surface area contributed by atoms with Crippen molar-refractivity contribution >= 4 is 9.84 Å². The molecule has 0 bridgehead atoms. The molecule has 1 saturated heterocycles. The predicted molar refractivity (Wildman–Crippen MR) is 97.7 cm³/mol. The zero-order valence-electron chi connectivity index (χ0n) is 15.4. The molecule has 2 aliphatic rings. The van der Waals surface area contributed by atoms with E-state index in [1.54, 1.807) is 6.20 Å². The molecule has 2 aliphatic heterocycles. The number of nitrogens with two attached hydrogens (primary N) is 1. The van der Waals surface area contributed by atoms with Crippen LogP contribution in [0.1, 0.15) is 29.3 Å². The maximum atomic E-state index is 14.1. The summed E-state index contributed by atoms with van der Waals surface area (Å²) in [6.07, 6.45) is 2.82. The number of rotatable bonds is 4. The molecule has 0 saturated carbocycles. The van der Waals surface area contributed by atoms with E-state index in [1.807, 2.05) is 0 Å². The van der Waals surface area contributed by atoms with Crippen molar-refractivity contribution in [3.8, 4) is 0 Å². The second kappa shape index (κ2) is 7.18. The molecule has 0 aliphatic carbocycles. The Kier molecular flexibility index (Phi) is 4.98.